The van der Waals surface area contributed by atoms with Crippen molar-refractivity contribution >= 4 is 23.2 Å². The molecule has 0 N–H and O–H groups in total. The van der Waals surface area contributed by atoms with Crippen molar-refractivity contribution in [2.24, 2.45) is 0 Å². The highest BCUT2D eigenvalue weighted by atomic mass is 35.5. The third-order valence-corrected chi connectivity index (χ3v) is 3.98. The minimum Gasteiger partial charge on any atom is -0.457 e. The van der Waals surface area contributed by atoms with E-state index in [1.165, 1.54) is 11.1 Å². The molecule has 0 aliphatic heterocycles. The predicted octanol–water partition coefficient (Wildman–Crippen LogP) is 6.48. The lowest BCUT2D eigenvalue weighted by atomic mass is 9.86. The van der Waals surface area contributed by atoms with Gasteiger partial charge in [-0.05, 0) is 41.7 Å². The summed E-state index contributed by atoms with van der Waals surface area (Å²) in [5.74, 6) is 2.00. The molecule has 1 nitrogen and oxygen atoms in total. The molecule has 0 unspecified atom stereocenters. The second-order valence-corrected chi connectivity index (χ2v) is 6.91. The predicted molar refractivity (Wildman–Crippen MR) is 91.0 cm³/mol. The van der Waals surface area contributed by atoms with Crippen LogP contribution in [0.15, 0.2) is 36.4 Å². The maximum atomic E-state index is 6.19. The van der Waals surface area contributed by atoms with E-state index in [4.69, 9.17) is 27.9 Å². The standard InChI is InChI=1S/C18H20Cl2O/c1-12-5-8-15(18(2,3)4)17(9-12)21-14-7-6-13(11-19)16(20)10-14/h5-10H,11H2,1-4H3. The van der Waals surface area contributed by atoms with Crippen molar-refractivity contribution in [3.8, 4) is 11.5 Å². The van der Waals surface area contributed by atoms with E-state index in [0.717, 1.165) is 17.1 Å². The van der Waals surface area contributed by atoms with E-state index in [-0.39, 0.29) is 5.41 Å². The first kappa shape index (κ1) is 16.2. The van der Waals surface area contributed by atoms with Crippen molar-refractivity contribution in [1.29, 1.82) is 0 Å². The molecule has 0 atom stereocenters. The fraction of sp³-hybridized carbons (Fsp3) is 0.333. The molecule has 0 aliphatic carbocycles. The van der Waals surface area contributed by atoms with E-state index in [9.17, 15) is 0 Å². The summed E-state index contributed by atoms with van der Waals surface area (Å²) < 4.78 is 6.07. The van der Waals surface area contributed by atoms with Crippen LogP contribution in [0.5, 0.6) is 11.5 Å². The molecule has 0 fully saturated rings. The molecular formula is C18H20Cl2O. The van der Waals surface area contributed by atoms with Gasteiger partial charge in [0.2, 0.25) is 0 Å². The van der Waals surface area contributed by atoms with Gasteiger partial charge in [0.15, 0.2) is 0 Å². The van der Waals surface area contributed by atoms with E-state index in [0.29, 0.717) is 10.9 Å². The third kappa shape index (κ3) is 3.93. The number of benzene rings is 2. The van der Waals surface area contributed by atoms with Gasteiger partial charge in [0, 0.05) is 16.5 Å². The van der Waals surface area contributed by atoms with E-state index < -0.39 is 0 Å². The van der Waals surface area contributed by atoms with Crippen LogP contribution < -0.4 is 4.74 Å². The molecular weight excluding hydrogens is 303 g/mol. The monoisotopic (exact) mass is 322 g/mol. The summed E-state index contributed by atoms with van der Waals surface area (Å²) in [6, 6.07) is 11.9. The Balaban J connectivity index is 2.39. The maximum Gasteiger partial charge on any atom is 0.131 e. The van der Waals surface area contributed by atoms with Crippen LogP contribution in [-0.2, 0) is 11.3 Å². The Morgan fingerprint density at radius 1 is 1.05 bits per heavy atom. The summed E-state index contributed by atoms with van der Waals surface area (Å²) in [7, 11) is 0. The molecule has 0 bridgehead atoms. The van der Waals surface area contributed by atoms with Gasteiger partial charge in [-0.25, -0.2) is 0 Å². The number of halogens is 2. The minimum absolute atomic E-state index is 0.0168. The SMILES string of the molecule is Cc1ccc(C(C)(C)C)c(Oc2ccc(CCl)c(Cl)c2)c1. The summed E-state index contributed by atoms with van der Waals surface area (Å²) >= 11 is 12.0. The van der Waals surface area contributed by atoms with Crippen LogP contribution in [-0.4, -0.2) is 0 Å². The van der Waals surface area contributed by atoms with Crippen molar-refractivity contribution in [2.45, 2.75) is 39.0 Å². The van der Waals surface area contributed by atoms with Crippen molar-refractivity contribution in [1.82, 2.24) is 0 Å². The second kappa shape index (κ2) is 6.29. The van der Waals surface area contributed by atoms with Gasteiger partial charge in [-0.15, -0.1) is 11.6 Å². The lowest BCUT2D eigenvalue weighted by Crippen LogP contribution is -2.12. The van der Waals surface area contributed by atoms with Crippen LogP contribution in [0.2, 0.25) is 5.02 Å². The molecule has 2 aromatic carbocycles. The molecule has 0 radical (unpaired) electrons. The normalized spacial score (nSPS) is 11.5. The van der Waals surface area contributed by atoms with E-state index in [1.807, 2.05) is 18.2 Å². The molecule has 0 amide bonds. The molecule has 0 saturated heterocycles. The molecule has 0 aromatic heterocycles. The number of aryl methyl sites for hydroxylation is 1. The van der Waals surface area contributed by atoms with Crippen molar-refractivity contribution in [3.05, 3.63) is 58.1 Å². The average molecular weight is 323 g/mol. The number of rotatable bonds is 3. The van der Waals surface area contributed by atoms with Crippen LogP contribution in [0.25, 0.3) is 0 Å². The molecule has 112 valence electrons. The zero-order valence-electron chi connectivity index (χ0n) is 12.8. The number of hydrogen-bond donors (Lipinski definition) is 0. The summed E-state index contributed by atoms with van der Waals surface area (Å²) in [6.07, 6.45) is 0. The summed E-state index contributed by atoms with van der Waals surface area (Å²) in [4.78, 5) is 0. The van der Waals surface area contributed by atoms with E-state index >= 15 is 0 Å². The van der Waals surface area contributed by atoms with E-state index in [1.54, 1.807) is 0 Å². The topological polar surface area (TPSA) is 9.23 Å². The van der Waals surface area contributed by atoms with Crippen LogP contribution in [0.3, 0.4) is 0 Å². The van der Waals surface area contributed by atoms with Gasteiger partial charge in [-0.3, -0.25) is 0 Å². The summed E-state index contributed by atoms with van der Waals surface area (Å²) in [6.45, 7) is 8.58. The highest BCUT2D eigenvalue weighted by Gasteiger charge is 2.19. The Bertz CT molecular complexity index is 642. The largest absolute Gasteiger partial charge is 0.457 e. The van der Waals surface area contributed by atoms with Crippen molar-refractivity contribution in [2.75, 3.05) is 0 Å². The third-order valence-electron chi connectivity index (χ3n) is 3.34. The molecule has 0 aliphatic rings. The Labute approximate surface area is 136 Å². The zero-order chi connectivity index (χ0) is 15.6. The molecule has 0 saturated carbocycles. The smallest absolute Gasteiger partial charge is 0.131 e. The molecule has 0 heterocycles. The Morgan fingerprint density at radius 2 is 1.76 bits per heavy atom. The lowest BCUT2D eigenvalue weighted by Gasteiger charge is -2.23. The molecule has 2 aromatic rings. The fourth-order valence-electron chi connectivity index (χ4n) is 2.16. The van der Waals surface area contributed by atoms with Crippen LogP contribution in [0.4, 0.5) is 0 Å². The Morgan fingerprint density at radius 3 is 2.33 bits per heavy atom. The Kier molecular flexibility index (Phi) is 4.85. The zero-order valence-corrected chi connectivity index (χ0v) is 14.3. The van der Waals surface area contributed by atoms with Crippen LogP contribution in [0, 0.1) is 6.92 Å². The number of alkyl halides is 1. The van der Waals surface area contributed by atoms with Crippen LogP contribution in [0.1, 0.15) is 37.5 Å². The second-order valence-electron chi connectivity index (χ2n) is 6.24. The lowest BCUT2D eigenvalue weighted by molar-refractivity contribution is 0.455. The van der Waals surface area contributed by atoms with Crippen molar-refractivity contribution < 1.29 is 4.74 Å². The highest BCUT2D eigenvalue weighted by Crippen LogP contribution is 2.36. The number of ether oxygens (including phenoxy) is 1. The van der Waals surface area contributed by atoms with Gasteiger partial charge >= 0.3 is 0 Å². The van der Waals surface area contributed by atoms with Gasteiger partial charge in [-0.1, -0.05) is 50.6 Å². The summed E-state index contributed by atoms with van der Waals surface area (Å²) in [5, 5.41) is 0.632. The summed E-state index contributed by atoms with van der Waals surface area (Å²) in [5.41, 5.74) is 3.27. The molecule has 0 spiro atoms. The molecule has 2 rings (SSSR count). The van der Waals surface area contributed by atoms with Crippen molar-refractivity contribution in [3.63, 3.8) is 0 Å². The molecule has 3 heteroatoms. The quantitative estimate of drug-likeness (QED) is 0.588. The molecule has 21 heavy (non-hydrogen) atoms. The van der Waals surface area contributed by atoms with Gasteiger partial charge < -0.3 is 4.74 Å². The highest BCUT2D eigenvalue weighted by molar-refractivity contribution is 6.32. The first-order valence-corrected chi connectivity index (χ1v) is 7.86. The first-order valence-electron chi connectivity index (χ1n) is 6.94. The first-order chi connectivity index (χ1) is 9.81. The van der Waals surface area contributed by atoms with Crippen LogP contribution >= 0.6 is 23.2 Å². The van der Waals surface area contributed by atoms with Gasteiger partial charge in [-0.2, -0.15) is 0 Å². The number of hydrogen-bond acceptors (Lipinski definition) is 1. The van der Waals surface area contributed by atoms with Gasteiger partial charge in [0.1, 0.15) is 11.5 Å². The maximum absolute atomic E-state index is 6.19. The minimum atomic E-state index is 0.0168. The fourth-order valence-corrected chi connectivity index (χ4v) is 2.70. The van der Waals surface area contributed by atoms with E-state index in [2.05, 4.69) is 45.9 Å². The average Bonchev–Trinajstić information content (AvgIpc) is 2.37. The van der Waals surface area contributed by atoms with Gasteiger partial charge in [0.25, 0.3) is 0 Å². The Hall–Kier alpha value is -1.18. The van der Waals surface area contributed by atoms with Gasteiger partial charge in [0.05, 0.1) is 0 Å².